The Balaban J connectivity index is 2.12. The second kappa shape index (κ2) is 10.8. The Morgan fingerprint density at radius 3 is 2.29 bits per heavy atom. The molecular formula is C24H27N5O4S. The van der Waals surface area contributed by atoms with E-state index in [0.717, 1.165) is 18.0 Å². The maximum Gasteiger partial charge on any atom is 0.273 e. The van der Waals surface area contributed by atoms with Crippen LogP contribution in [-0.4, -0.2) is 33.7 Å². The number of phenolic OH excluding ortho intramolecular Hbond substituents is 1. The number of anilines is 2. The lowest BCUT2D eigenvalue weighted by Crippen LogP contribution is -2.44. The predicted octanol–water partition coefficient (Wildman–Crippen LogP) is 3.08. The van der Waals surface area contributed by atoms with Gasteiger partial charge in [0.15, 0.2) is 5.69 Å². The van der Waals surface area contributed by atoms with Crippen molar-refractivity contribution in [2.45, 2.75) is 26.3 Å². The molecule has 3 rings (SSSR count). The number of nitrogen functional groups attached to an aromatic ring is 1. The van der Waals surface area contributed by atoms with Crippen LogP contribution in [0.1, 0.15) is 52.0 Å². The number of carbonyl (C=O) groups is 3. The van der Waals surface area contributed by atoms with Gasteiger partial charge in [-0.2, -0.15) is 4.37 Å². The molecule has 3 aromatic rings. The highest BCUT2D eigenvalue weighted by Crippen LogP contribution is 2.33. The molecule has 1 unspecified atom stereocenters. The van der Waals surface area contributed by atoms with E-state index in [-0.39, 0.29) is 22.0 Å². The molecule has 9 nitrogen and oxygen atoms in total. The van der Waals surface area contributed by atoms with Gasteiger partial charge >= 0.3 is 0 Å². The number of phenols is 1. The van der Waals surface area contributed by atoms with Gasteiger partial charge in [0.2, 0.25) is 5.91 Å². The summed E-state index contributed by atoms with van der Waals surface area (Å²) in [7, 11) is 0. The van der Waals surface area contributed by atoms with Crippen LogP contribution in [0.5, 0.6) is 5.75 Å². The number of nitrogens with two attached hydrogens (primary N) is 2. The lowest BCUT2D eigenvalue weighted by atomic mass is 10.0. The molecule has 2 aromatic carbocycles. The lowest BCUT2D eigenvalue weighted by molar-refractivity contribution is -0.122. The summed E-state index contributed by atoms with van der Waals surface area (Å²) < 4.78 is 3.93. The number of hydrogen-bond donors (Lipinski definition) is 4. The molecule has 10 heteroatoms. The Hall–Kier alpha value is -3.92. The summed E-state index contributed by atoms with van der Waals surface area (Å²) in [6, 6.07) is 13.6. The highest BCUT2D eigenvalue weighted by atomic mass is 32.1. The number of benzene rings is 2. The van der Waals surface area contributed by atoms with Crippen LogP contribution >= 0.6 is 11.5 Å². The second-order valence-corrected chi connectivity index (χ2v) is 8.89. The number of aromatic nitrogens is 1. The van der Waals surface area contributed by atoms with Crippen LogP contribution in [0.15, 0.2) is 54.6 Å². The van der Waals surface area contributed by atoms with Gasteiger partial charge < -0.3 is 21.9 Å². The van der Waals surface area contributed by atoms with E-state index in [1.807, 2.05) is 13.8 Å². The molecule has 1 heterocycles. The van der Waals surface area contributed by atoms with Crippen molar-refractivity contribution in [3.63, 3.8) is 0 Å². The first-order valence-corrected chi connectivity index (χ1v) is 11.5. The van der Waals surface area contributed by atoms with Gasteiger partial charge in [0.1, 0.15) is 16.7 Å². The Morgan fingerprint density at radius 2 is 1.74 bits per heavy atom. The van der Waals surface area contributed by atoms with Crippen LogP contribution in [0, 0.1) is 5.92 Å². The molecule has 0 spiro atoms. The minimum Gasteiger partial charge on any atom is -0.508 e. The molecule has 3 amide bonds. The number of amides is 3. The number of hydrogen-bond acceptors (Lipinski definition) is 7. The number of rotatable bonds is 9. The van der Waals surface area contributed by atoms with Crippen LogP contribution in [0.4, 0.5) is 11.4 Å². The lowest BCUT2D eigenvalue weighted by Gasteiger charge is -2.31. The van der Waals surface area contributed by atoms with Crippen molar-refractivity contribution >= 4 is 40.6 Å². The Bertz CT molecular complexity index is 1160. The van der Waals surface area contributed by atoms with E-state index in [1.165, 1.54) is 17.0 Å². The highest BCUT2D eigenvalue weighted by Gasteiger charge is 2.35. The van der Waals surface area contributed by atoms with Gasteiger partial charge in [-0.3, -0.25) is 19.3 Å². The molecule has 34 heavy (non-hydrogen) atoms. The molecule has 0 bridgehead atoms. The van der Waals surface area contributed by atoms with Crippen molar-refractivity contribution < 1.29 is 19.5 Å². The Labute approximate surface area is 201 Å². The largest absolute Gasteiger partial charge is 0.508 e. The van der Waals surface area contributed by atoms with E-state index < -0.39 is 23.8 Å². The zero-order valence-corrected chi connectivity index (χ0v) is 19.7. The Kier molecular flexibility index (Phi) is 7.85. The molecule has 0 saturated heterocycles. The molecule has 0 saturated carbocycles. The quantitative estimate of drug-likeness (QED) is 0.369. The van der Waals surface area contributed by atoms with Crippen LogP contribution in [0.2, 0.25) is 0 Å². The number of nitrogens with zero attached hydrogens (tertiary/aromatic N) is 2. The van der Waals surface area contributed by atoms with Gasteiger partial charge in [0, 0.05) is 12.2 Å². The summed E-state index contributed by atoms with van der Waals surface area (Å²) in [6.07, 6.45) is 0.761. The van der Waals surface area contributed by atoms with Crippen LogP contribution < -0.4 is 21.7 Å². The third-order valence-electron chi connectivity index (χ3n) is 5.15. The summed E-state index contributed by atoms with van der Waals surface area (Å²) in [6.45, 7) is 4.52. The topological polar surface area (TPSA) is 152 Å². The summed E-state index contributed by atoms with van der Waals surface area (Å²) in [5.74, 6) is -1.45. The van der Waals surface area contributed by atoms with E-state index >= 15 is 0 Å². The van der Waals surface area contributed by atoms with E-state index in [2.05, 4.69) is 9.69 Å². The molecule has 178 valence electrons. The van der Waals surface area contributed by atoms with Crippen molar-refractivity contribution in [1.82, 2.24) is 9.69 Å². The molecule has 1 aromatic heterocycles. The number of primary amides is 1. The van der Waals surface area contributed by atoms with Crippen LogP contribution in [-0.2, 0) is 4.79 Å². The zero-order chi connectivity index (χ0) is 24.8. The van der Waals surface area contributed by atoms with Crippen LogP contribution in [0.3, 0.4) is 0 Å². The summed E-state index contributed by atoms with van der Waals surface area (Å²) >= 11 is 0.745. The van der Waals surface area contributed by atoms with Crippen LogP contribution in [0.25, 0.3) is 0 Å². The van der Waals surface area contributed by atoms with Gasteiger partial charge in [0.25, 0.3) is 11.8 Å². The monoisotopic (exact) mass is 481 g/mol. The maximum absolute atomic E-state index is 13.8. The highest BCUT2D eigenvalue weighted by molar-refractivity contribution is 7.09. The van der Waals surface area contributed by atoms with Gasteiger partial charge in [0.05, 0.1) is 5.69 Å². The number of carbonyl (C=O) groups excluding carboxylic acids is 3. The number of nitrogens with one attached hydrogen (secondary N) is 1. The van der Waals surface area contributed by atoms with Crippen molar-refractivity contribution in [1.29, 1.82) is 0 Å². The fourth-order valence-corrected chi connectivity index (χ4v) is 4.11. The molecule has 0 fully saturated rings. The van der Waals surface area contributed by atoms with Crippen molar-refractivity contribution in [3.8, 4) is 5.75 Å². The van der Waals surface area contributed by atoms with Crippen molar-refractivity contribution in [3.05, 3.63) is 70.7 Å². The van der Waals surface area contributed by atoms with Gasteiger partial charge in [-0.15, -0.1) is 0 Å². The third-order valence-corrected chi connectivity index (χ3v) is 6.00. The third kappa shape index (κ3) is 5.52. The van der Waals surface area contributed by atoms with Gasteiger partial charge in [-0.1, -0.05) is 44.2 Å². The molecule has 1 atom stereocenters. The SMILES string of the molecule is CC(C)CCNC(=O)C(c1ccc(O)cc1)N(C(=O)c1snc(C(N)=O)c1N)c1ccccc1. The summed E-state index contributed by atoms with van der Waals surface area (Å²) in [5, 5.41) is 12.7. The predicted molar refractivity (Wildman–Crippen MR) is 132 cm³/mol. The molecule has 6 N–H and O–H groups in total. The smallest absolute Gasteiger partial charge is 0.273 e. The average Bonchev–Trinajstić information content (AvgIpc) is 3.19. The average molecular weight is 482 g/mol. The first-order valence-electron chi connectivity index (χ1n) is 10.7. The van der Waals surface area contributed by atoms with E-state index in [0.29, 0.717) is 23.7 Å². The van der Waals surface area contributed by atoms with E-state index in [4.69, 9.17) is 11.5 Å². The van der Waals surface area contributed by atoms with E-state index in [9.17, 15) is 19.5 Å². The fourth-order valence-electron chi connectivity index (χ4n) is 3.37. The zero-order valence-electron chi connectivity index (χ0n) is 18.9. The fraction of sp³-hybridized carbons (Fsp3) is 0.250. The molecule has 0 radical (unpaired) electrons. The first kappa shape index (κ1) is 24.7. The minimum absolute atomic E-state index is 0.00332. The standard InChI is InChI=1S/C24H27N5O4S/c1-14(2)12-13-27-23(32)20(15-8-10-17(30)11-9-15)29(16-6-4-3-5-7-16)24(33)21-18(25)19(22(26)31)28-34-21/h3-11,14,20,30H,12-13,25H2,1-2H3,(H2,26,31)(H,27,32). The summed E-state index contributed by atoms with van der Waals surface area (Å²) in [5.41, 5.74) is 12.0. The van der Waals surface area contributed by atoms with Crippen molar-refractivity contribution in [2.75, 3.05) is 17.2 Å². The number of aromatic hydroxyl groups is 1. The number of para-hydroxylation sites is 1. The normalized spacial score (nSPS) is 11.7. The first-order chi connectivity index (χ1) is 16.2. The summed E-state index contributed by atoms with van der Waals surface area (Å²) in [4.78, 5) is 40.2. The second-order valence-electron chi connectivity index (χ2n) is 8.12. The maximum atomic E-state index is 13.8. The Morgan fingerprint density at radius 1 is 1.09 bits per heavy atom. The van der Waals surface area contributed by atoms with Gasteiger partial charge in [-0.05, 0) is 53.7 Å². The molecular weight excluding hydrogens is 454 g/mol. The molecule has 0 aliphatic heterocycles. The van der Waals surface area contributed by atoms with Crippen molar-refractivity contribution in [2.24, 2.45) is 11.7 Å². The molecule has 0 aliphatic carbocycles. The molecule has 0 aliphatic rings. The minimum atomic E-state index is -1.08. The van der Waals surface area contributed by atoms with Gasteiger partial charge in [-0.25, -0.2) is 0 Å². The van der Waals surface area contributed by atoms with E-state index in [1.54, 1.807) is 42.5 Å².